The van der Waals surface area contributed by atoms with Crippen LogP contribution in [0.2, 0.25) is 5.02 Å². The van der Waals surface area contributed by atoms with Crippen LogP contribution >= 0.6 is 36.4 Å². The number of benzene rings is 4. The minimum atomic E-state index is -4.85. The van der Waals surface area contributed by atoms with Gasteiger partial charge in [-0.3, -0.25) is 0 Å². The molecule has 0 nitrogen and oxygen atoms in total. The summed E-state index contributed by atoms with van der Waals surface area (Å²) < 4.78 is 11.3. The Morgan fingerprint density at radius 3 is 2.00 bits per heavy atom. The minimum absolute atomic E-state index is 0. The molecular weight excluding hydrogens is 666 g/mol. The van der Waals surface area contributed by atoms with Crippen molar-refractivity contribution in [1.82, 2.24) is 0 Å². The second-order valence-electron chi connectivity index (χ2n) is 14.2. The van der Waals surface area contributed by atoms with Gasteiger partial charge in [0, 0.05) is 0 Å². The zero-order chi connectivity index (χ0) is 29.2. The van der Waals surface area contributed by atoms with Crippen LogP contribution in [0, 0.1) is 0 Å². The van der Waals surface area contributed by atoms with E-state index in [-0.39, 0.29) is 35.6 Å². The first-order valence-corrected chi connectivity index (χ1v) is 21.9. The normalized spacial score (nSPS) is 14.4. The van der Waals surface area contributed by atoms with E-state index in [9.17, 15) is 0 Å². The molecule has 43 heavy (non-hydrogen) atoms. The molecule has 0 saturated heterocycles. The summed E-state index contributed by atoms with van der Waals surface area (Å²) in [5.74, 6) is 0. The second-order valence-corrected chi connectivity index (χ2v) is 27.5. The van der Waals surface area contributed by atoms with Crippen molar-refractivity contribution >= 4 is 50.4 Å². The monoisotopic (exact) mass is 706 g/mol. The van der Waals surface area contributed by atoms with Crippen LogP contribution in [0.5, 0.6) is 0 Å². The molecule has 0 amide bonds. The van der Waals surface area contributed by atoms with Gasteiger partial charge in [-0.1, -0.05) is 0 Å². The maximum atomic E-state index is 6.85. The number of rotatable bonds is 4. The summed E-state index contributed by atoms with van der Waals surface area (Å²) in [4.78, 5) is 0. The SMILES string of the molecule is Cl.Cl.[CH2]=[Zr]([C]1=CC=CC1)([c]1ccccc1)([c]1cccc(Cl)c1)[c]1c(C(C)(C)C)ccc2c1Cc1cc(C(C)(C)C)ccc1-2. The fourth-order valence-corrected chi connectivity index (χ4v) is 24.6. The Kier molecular flexibility index (Phi) is 9.24. The van der Waals surface area contributed by atoms with E-state index in [0.717, 1.165) is 17.9 Å². The van der Waals surface area contributed by atoms with Gasteiger partial charge in [-0.05, 0) is 0 Å². The van der Waals surface area contributed by atoms with E-state index in [0.29, 0.717) is 0 Å². The first-order valence-electron chi connectivity index (χ1n) is 14.8. The molecule has 0 bridgehead atoms. The molecule has 2 aliphatic rings. The van der Waals surface area contributed by atoms with E-state index in [1.54, 1.807) is 0 Å². The van der Waals surface area contributed by atoms with Crippen molar-refractivity contribution in [3.8, 4) is 11.1 Å². The Morgan fingerprint density at radius 2 is 1.40 bits per heavy atom. The third kappa shape index (κ3) is 5.23. The van der Waals surface area contributed by atoms with Crippen LogP contribution in [0.3, 0.4) is 0 Å². The predicted octanol–water partition coefficient (Wildman–Crippen LogP) is 9.59. The maximum absolute atomic E-state index is 6.85. The zero-order valence-corrected chi connectivity index (χ0v) is 31.0. The zero-order valence-electron chi connectivity index (χ0n) is 26.1. The average molecular weight is 709 g/mol. The van der Waals surface area contributed by atoms with Crippen molar-refractivity contribution in [3.05, 3.63) is 134 Å². The van der Waals surface area contributed by atoms with Crippen LogP contribution < -0.4 is 9.81 Å². The molecule has 2 aliphatic carbocycles. The Balaban J connectivity index is 0.00000212. The average Bonchev–Trinajstić information content (AvgIpc) is 3.60. The first kappa shape index (κ1) is 33.9. The van der Waals surface area contributed by atoms with Gasteiger partial charge in [0.25, 0.3) is 0 Å². The molecule has 224 valence electrons. The van der Waals surface area contributed by atoms with Gasteiger partial charge in [-0.2, -0.15) is 0 Å². The van der Waals surface area contributed by atoms with Crippen molar-refractivity contribution in [3.63, 3.8) is 0 Å². The predicted molar refractivity (Wildman–Crippen MR) is 192 cm³/mol. The van der Waals surface area contributed by atoms with Gasteiger partial charge in [-0.25, -0.2) is 0 Å². The van der Waals surface area contributed by atoms with Crippen molar-refractivity contribution in [1.29, 1.82) is 0 Å². The number of fused-ring (bicyclic) bond motifs is 3. The molecule has 0 spiro atoms. The molecule has 0 heterocycles. The summed E-state index contributed by atoms with van der Waals surface area (Å²) in [5, 5.41) is 0.775. The van der Waals surface area contributed by atoms with E-state index in [1.165, 1.54) is 46.5 Å². The van der Waals surface area contributed by atoms with Crippen molar-refractivity contribution in [2.75, 3.05) is 0 Å². The van der Waals surface area contributed by atoms with Gasteiger partial charge in [0.1, 0.15) is 0 Å². The Bertz CT molecular complexity index is 1810. The van der Waals surface area contributed by atoms with Crippen LogP contribution in [0.4, 0.5) is 0 Å². The third-order valence-corrected chi connectivity index (χ3v) is 26.2. The van der Waals surface area contributed by atoms with Gasteiger partial charge in [0.05, 0.1) is 0 Å². The number of halogens is 3. The van der Waals surface area contributed by atoms with Gasteiger partial charge in [-0.15, -0.1) is 24.8 Å². The standard InChI is InChI=1S/C21H25.C6H4Cl.C6H5.C5H5.CH2.2ClH.Zr/c1-20(2,3)16-7-9-18-14(12-16)11-15-13-17(21(4,5)6)8-10-19(15)18;7-6-4-2-1-3-5-6;1-2-4-6-5-3-1;1-2-4-5-3-1;;;;/h7-10,12H,11H2,1-6H3;1-2,4-5H;1-5H;1-3H,4H2;1H2;2*1H;. The van der Waals surface area contributed by atoms with Gasteiger partial charge >= 0.3 is 254 Å². The van der Waals surface area contributed by atoms with Crippen molar-refractivity contribution < 1.29 is 18.3 Å². The molecule has 6 rings (SSSR count). The van der Waals surface area contributed by atoms with E-state index in [1.807, 2.05) is 6.07 Å². The summed E-state index contributed by atoms with van der Waals surface area (Å²) in [6, 6.07) is 31.9. The van der Waals surface area contributed by atoms with Gasteiger partial charge in [0.15, 0.2) is 0 Å². The molecule has 4 aromatic rings. The molecule has 0 unspecified atom stereocenters. The number of hydrogen-bond acceptors (Lipinski definition) is 0. The quantitative estimate of drug-likeness (QED) is 0.175. The molecule has 0 N–H and O–H groups in total. The summed E-state index contributed by atoms with van der Waals surface area (Å²) in [6.07, 6.45) is 8.79. The molecule has 0 atom stereocenters. The summed E-state index contributed by atoms with van der Waals surface area (Å²) in [6.45, 7) is 14.0. The van der Waals surface area contributed by atoms with Crippen LogP contribution in [-0.4, -0.2) is 4.21 Å². The van der Waals surface area contributed by atoms with Crippen molar-refractivity contribution in [2.24, 2.45) is 0 Å². The van der Waals surface area contributed by atoms with E-state index < -0.39 is 18.3 Å². The molecule has 0 fully saturated rings. The summed E-state index contributed by atoms with van der Waals surface area (Å²) in [7, 11) is 0. The molecule has 0 radical (unpaired) electrons. The Labute approximate surface area is 276 Å². The number of allylic oxidation sites excluding steroid dienone is 4. The van der Waals surface area contributed by atoms with Crippen LogP contribution in [0.1, 0.15) is 70.2 Å². The molecule has 4 heteroatoms. The fraction of sp³-hybridized carbons (Fsp3) is 0.256. The van der Waals surface area contributed by atoms with Crippen molar-refractivity contribution in [2.45, 2.75) is 65.2 Å². The van der Waals surface area contributed by atoms with E-state index in [4.69, 9.17) is 15.8 Å². The topological polar surface area (TPSA) is 0 Å². The van der Waals surface area contributed by atoms with Crippen LogP contribution in [0.25, 0.3) is 11.1 Å². The van der Waals surface area contributed by atoms with E-state index in [2.05, 4.69) is 139 Å². The summed E-state index contributed by atoms with van der Waals surface area (Å²) in [5.41, 5.74) is 8.48. The van der Waals surface area contributed by atoms with Gasteiger partial charge < -0.3 is 0 Å². The molecule has 4 aromatic carbocycles. The Hall–Kier alpha value is -2.02. The van der Waals surface area contributed by atoms with Crippen LogP contribution in [-0.2, 0) is 35.5 Å². The van der Waals surface area contributed by atoms with Gasteiger partial charge in [0.2, 0.25) is 0 Å². The third-order valence-electron chi connectivity index (χ3n) is 9.65. The number of hydrogen-bond donors (Lipinski definition) is 0. The second kappa shape index (κ2) is 11.7. The molecule has 0 saturated carbocycles. The summed E-state index contributed by atoms with van der Waals surface area (Å²) >= 11 is 1.99. The molecule has 0 aliphatic heterocycles. The first-order chi connectivity index (χ1) is 19.3. The fourth-order valence-electron chi connectivity index (χ4n) is 7.48. The van der Waals surface area contributed by atoms with Crippen LogP contribution in [0.15, 0.2) is 106 Å². The molecule has 0 aromatic heterocycles. The Morgan fingerprint density at radius 1 is 0.721 bits per heavy atom. The molecular formula is C39H43Cl3Zr. The van der Waals surface area contributed by atoms with E-state index >= 15 is 0 Å².